The van der Waals surface area contributed by atoms with E-state index < -0.39 is 5.91 Å². The molecule has 0 bridgehead atoms. The van der Waals surface area contributed by atoms with Crippen molar-refractivity contribution in [3.05, 3.63) is 54.3 Å². The summed E-state index contributed by atoms with van der Waals surface area (Å²) in [6.07, 6.45) is 1.67. The molecule has 2 amide bonds. The molecule has 140 valence electrons. The fraction of sp³-hybridized carbons (Fsp3) is 0.222. The number of rotatable bonds is 9. The number of hydrogen-bond acceptors (Lipinski definition) is 6. The van der Waals surface area contributed by atoms with Gasteiger partial charge in [-0.15, -0.1) is 10.2 Å². The topological polar surface area (TPSA) is 116 Å². The van der Waals surface area contributed by atoms with E-state index in [1.807, 2.05) is 30.3 Å². The summed E-state index contributed by atoms with van der Waals surface area (Å²) in [5, 5.41) is 11.6. The molecule has 3 aromatic rings. The number of nitrogens with zero attached hydrogens (tertiary/aromatic N) is 3. The molecule has 3 rings (SSSR count). The van der Waals surface area contributed by atoms with Crippen LogP contribution in [0.2, 0.25) is 0 Å². The van der Waals surface area contributed by atoms with Crippen molar-refractivity contribution < 1.29 is 14.0 Å². The minimum Gasteiger partial charge on any atom is -0.461 e. The highest BCUT2D eigenvalue weighted by Gasteiger charge is 2.17. The fourth-order valence-electron chi connectivity index (χ4n) is 2.38. The van der Waals surface area contributed by atoms with Crippen LogP contribution in [0.15, 0.2) is 58.3 Å². The van der Waals surface area contributed by atoms with Gasteiger partial charge in [0.15, 0.2) is 16.7 Å². The van der Waals surface area contributed by atoms with Crippen molar-refractivity contribution in [1.29, 1.82) is 0 Å². The van der Waals surface area contributed by atoms with Crippen LogP contribution in [0.5, 0.6) is 0 Å². The first-order chi connectivity index (χ1) is 13.1. The number of carbonyl (C=O) groups excluding carboxylic acids is 2. The van der Waals surface area contributed by atoms with Gasteiger partial charge in [-0.2, -0.15) is 0 Å². The summed E-state index contributed by atoms with van der Waals surface area (Å²) >= 11 is 1.24. The Balaban J connectivity index is 1.63. The Hall–Kier alpha value is -3.07. The highest BCUT2D eigenvalue weighted by molar-refractivity contribution is 7.99. The number of nitrogens with one attached hydrogen (secondary N) is 1. The molecule has 0 aliphatic carbocycles. The van der Waals surface area contributed by atoms with Gasteiger partial charge in [0.1, 0.15) is 0 Å². The number of furan rings is 1. The summed E-state index contributed by atoms with van der Waals surface area (Å²) in [5.41, 5.74) is 6.29. The number of carbonyl (C=O) groups is 2. The highest BCUT2D eigenvalue weighted by Crippen LogP contribution is 2.24. The molecule has 8 nitrogen and oxygen atoms in total. The van der Waals surface area contributed by atoms with Gasteiger partial charge < -0.3 is 15.5 Å². The first-order valence-electron chi connectivity index (χ1n) is 8.32. The van der Waals surface area contributed by atoms with Crippen molar-refractivity contribution in [2.45, 2.75) is 24.7 Å². The molecule has 0 spiro atoms. The van der Waals surface area contributed by atoms with Gasteiger partial charge in [0.25, 0.3) is 0 Å². The van der Waals surface area contributed by atoms with E-state index in [0.29, 0.717) is 29.8 Å². The van der Waals surface area contributed by atoms with E-state index in [9.17, 15) is 9.59 Å². The number of nitrogens with two attached hydrogens (primary N) is 1. The zero-order valence-electron chi connectivity index (χ0n) is 14.5. The van der Waals surface area contributed by atoms with Crippen LogP contribution in [0.1, 0.15) is 12.0 Å². The van der Waals surface area contributed by atoms with E-state index in [2.05, 4.69) is 15.5 Å². The molecule has 2 aromatic heterocycles. The molecular formula is C18H19N5O3S. The van der Waals surface area contributed by atoms with Gasteiger partial charge in [0, 0.05) is 19.5 Å². The van der Waals surface area contributed by atoms with Crippen LogP contribution in [0.4, 0.5) is 0 Å². The Morgan fingerprint density at radius 1 is 1.15 bits per heavy atom. The van der Waals surface area contributed by atoms with E-state index in [0.717, 1.165) is 5.56 Å². The number of primary amides is 1. The fourth-order valence-corrected chi connectivity index (χ4v) is 3.18. The second-order valence-electron chi connectivity index (χ2n) is 5.70. The summed E-state index contributed by atoms with van der Waals surface area (Å²) in [6, 6.07) is 13.2. The maximum Gasteiger partial charge on any atom is 0.230 e. The lowest BCUT2D eigenvalue weighted by molar-refractivity contribution is -0.119. The average molecular weight is 385 g/mol. The van der Waals surface area contributed by atoms with Crippen molar-refractivity contribution in [2.24, 2.45) is 5.73 Å². The molecule has 0 aliphatic heterocycles. The van der Waals surface area contributed by atoms with Gasteiger partial charge in [-0.05, 0) is 17.7 Å². The lowest BCUT2D eigenvalue weighted by Crippen LogP contribution is -2.24. The summed E-state index contributed by atoms with van der Waals surface area (Å²) in [6.45, 7) is 0.776. The third-order valence-corrected chi connectivity index (χ3v) is 4.67. The van der Waals surface area contributed by atoms with E-state index in [1.54, 1.807) is 16.7 Å². The van der Waals surface area contributed by atoms with Crippen molar-refractivity contribution in [3.63, 3.8) is 0 Å². The number of amides is 2. The predicted molar refractivity (Wildman–Crippen MR) is 101 cm³/mol. The maximum absolute atomic E-state index is 12.1. The Labute approximate surface area is 160 Å². The Morgan fingerprint density at radius 3 is 2.67 bits per heavy atom. The van der Waals surface area contributed by atoms with Crippen LogP contribution in [-0.2, 0) is 22.7 Å². The van der Waals surface area contributed by atoms with Crippen LogP contribution in [0.25, 0.3) is 11.6 Å². The highest BCUT2D eigenvalue weighted by atomic mass is 32.2. The Bertz CT molecular complexity index is 893. The van der Waals surface area contributed by atoms with E-state index in [-0.39, 0.29) is 18.1 Å². The third-order valence-electron chi connectivity index (χ3n) is 3.71. The van der Waals surface area contributed by atoms with Gasteiger partial charge in [-0.3, -0.25) is 14.2 Å². The molecule has 0 radical (unpaired) electrons. The molecular weight excluding hydrogens is 366 g/mol. The number of thioether (sulfide) groups is 1. The quantitative estimate of drug-likeness (QED) is 0.543. The van der Waals surface area contributed by atoms with Crippen LogP contribution in [0, 0.1) is 0 Å². The number of hydrogen-bond donors (Lipinski definition) is 2. The monoisotopic (exact) mass is 385 g/mol. The van der Waals surface area contributed by atoms with Crippen LogP contribution >= 0.6 is 11.8 Å². The molecule has 0 fully saturated rings. The molecule has 0 atom stereocenters. The lowest BCUT2D eigenvalue weighted by Gasteiger charge is -2.08. The van der Waals surface area contributed by atoms with E-state index in [1.165, 1.54) is 18.0 Å². The molecule has 0 unspecified atom stereocenters. The summed E-state index contributed by atoms with van der Waals surface area (Å²) < 4.78 is 7.10. The minimum atomic E-state index is -0.425. The van der Waals surface area contributed by atoms with Crippen LogP contribution in [0.3, 0.4) is 0 Å². The zero-order chi connectivity index (χ0) is 19.1. The summed E-state index contributed by atoms with van der Waals surface area (Å²) in [4.78, 5) is 23.3. The van der Waals surface area contributed by atoms with Gasteiger partial charge >= 0.3 is 0 Å². The van der Waals surface area contributed by atoms with Gasteiger partial charge in [-0.25, -0.2) is 0 Å². The normalized spacial score (nSPS) is 10.7. The zero-order valence-corrected chi connectivity index (χ0v) is 15.3. The van der Waals surface area contributed by atoms with Gasteiger partial charge in [0.05, 0.1) is 12.0 Å². The summed E-state index contributed by atoms with van der Waals surface area (Å²) in [5.74, 6) is 0.666. The Kier molecular flexibility index (Phi) is 6.26. The lowest BCUT2D eigenvalue weighted by atomic mass is 10.2. The van der Waals surface area contributed by atoms with Gasteiger partial charge in [-0.1, -0.05) is 42.1 Å². The van der Waals surface area contributed by atoms with Crippen molar-refractivity contribution in [2.75, 3.05) is 5.75 Å². The second-order valence-corrected chi connectivity index (χ2v) is 6.64. The maximum atomic E-state index is 12.1. The predicted octanol–water partition coefficient (Wildman–Crippen LogP) is 1.82. The molecule has 2 heterocycles. The van der Waals surface area contributed by atoms with Crippen molar-refractivity contribution in [1.82, 2.24) is 20.1 Å². The minimum absolute atomic E-state index is 0.118. The Morgan fingerprint density at radius 2 is 1.96 bits per heavy atom. The summed E-state index contributed by atoms with van der Waals surface area (Å²) in [7, 11) is 0. The average Bonchev–Trinajstić information content (AvgIpc) is 3.33. The van der Waals surface area contributed by atoms with E-state index >= 15 is 0 Å². The van der Waals surface area contributed by atoms with E-state index in [4.69, 9.17) is 10.2 Å². The van der Waals surface area contributed by atoms with Crippen LogP contribution < -0.4 is 11.1 Å². The largest absolute Gasteiger partial charge is 0.461 e. The second kappa shape index (κ2) is 9.04. The molecule has 9 heteroatoms. The SMILES string of the molecule is NC(=O)CCn1c(SCC(=O)NCc2ccccc2)nnc1-c1ccco1. The van der Waals surface area contributed by atoms with Gasteiger partial charge in [0.2, 0.25) is 11.8 Å². The van der Waals surface area contributed by atoms with Crippen LogP contribution in [-0.4, -0.2) is 32.3 Å². The molecule has 1 aromatic carbocycles. The standard InChI is InChI=1S/C18H19N5O3S/c19-15(24)8-9-23-17(14-7-4-10-26-14)21-22-18(23)27-12-16(25)20-11-13-5-2-1-3-6-13/h1-7,10H,8-9,11-12H2,(H2,19,24)(H,20,25). The van der Waals surface area contributed by atoms with Crippen molar-refractivity contribution in [3.8, 4) is 11.6 Å². The molecule has 0 saturated carbocycles. The molecule has 0 aliphatic rings. The third kappa shape index (κ3) is 5.20. The smallest absolute Gasteiger partial charge is 0.230 e. The first-order valence-corrected chi connectivity index (χ1v) is 9.31. The first kappa shape index (κ1) is 18.7. The van der Waals surface area contributed by atoms with Crippen molar-refractivity contribution >= 4 is 23.6 Å². The molecule has 27 heavy (non-hydrogen) atoms. The number of benzene rings is 1. The molecule has 0 saturated heterocycles. The molecule has 3 N–H and O–H groups in total. The number of aromatic nitrogens is 3.